The van der Waals surface area contributed by atoms with E-state index in [2.05, 4.69) is 27.8 Å². The molecular weight excluding hydrogens is 500 g/mol. The second-order valence-electron chi connectivity index (χ2n) is 11.2. The second-order valence-corrected chi connectivity index (χ2v) is 11.2. The van der Waals surface area contributed by atoms with Gasteiger partial charge in [0.25, 0.3) is 0 Å². The Balaban J connectivity index is 1.62. The number of carbonyl (C=O) groups is 3. The lowest BCUT2D eigenvalue weighted by molar-refractivity contribution is -0.200. The Morgan fingerprint density at radius 2 is 1.79 bits per heavy atom. The van der Waals surface area contributed by atoms with Gasteiger partial charge in [-0.25, -0.2) is 10.3 Å². The van der Waals surface area contributed by atoms with Crippen LogP contribution in [0.15, 0.2) is 12.2 Å². The molecule has 2 fully saturated rings. The van der Waals surface area contributed by atoms with Crippen molar-refractivity contribution in [3.05, 3.63) is 12.2 Å². The smallest absolute Gasteiger partial charge is 0.245 e. The van der Waals surface area contributed by atoms with Gasteiger partial charge in [0.1, 0.15) is 6.04 Å². The second kappa shape index (κ2) is 17.6. The minimum absolute atomic E-state index is 0.00450. The molecule has 3 atom stereocenters. The van der Waals surface area contributed by atoms with Gasteiger partial charge in [-0.1, -0.05) is 26.0 Å². The van der Waals surface area contributed by atoms with Gasteiger partial charge in [-0.2, -0.15) is 0 Å². The normalized spacial score (nSPS) is 26.7. The molecule has 3 aliphatic rings. The lowest BCUT2D eigenvalue weighted by atomic mass is 9.94. The fourth-order valence-electron chi connectivity index (χ4n) is 5.27. The average Bonchev–Trinajstić information content (AvgIpc) is 2.94. The maximum Gasteiger partial charge on any atom is 0.245 e. The third-order valence-electron chi connectivity index (χ3n) is 7.68. The van der Waals surface area contributed by atoms with E-state index in [9.17, 15) is 14.4 Å². The molecule has 2 N–H and O–H groups in total. The zero-order chi connectivity index (χ0) is 27.9. The first-order valence-electron chi connectivity index (χ1n) is 15.0. The van der Waals surface area contributed by atoms with Gasteiger partial charge in [0.2, 0.25) is 17.7 Å². The van der Waals surface area contributed by atoms with Crippen molar-refractivity contribution >= 4 is 17.7 Å². The van der Waals surface area contributed by atoms with Gasteiger partial charge in [-0.05, 0) is 57.3 Å². The Hall–Kier alpha value is -2.01. The number of hydrogen-bond acceptors (Lipinski definition) is 7. The largest absolute Gasteiger partial charge is 0.379 e. The van der Waals surface area contributed by atoms with Crippen LogP contribution in [-0.2, 0) is 28.7 Å². The summed E-state index contributed by atoms with van der Waals surface area (Å²) in [5, 5.41) is 3.03. The maximum absolute atomic E-state index is 13.7. The SMILES string of the molecule is CC(C)C1NC(=O)C(CC(=O)NO[C@H]2CCCCO2)CCCC=CCCCN(CCCN2CCOCC2)C1=O. The van der Waals surface area contributed by atoms with Crippen LogP contribution in [0.3, 0.4) is 0 Å². The van der Waals surface area contributed by atoms with E-state index in [1.807, 2.05) is 18.7 Å². The highest BCUT2D eigenvalue weighted by molar-refractivity contribution is 5.90. The number of ether oxygens (including phenoxy) is 2. The molecule has 10 heteroatoms. The molecule has 39 heavy (non-hydrogen) atoms. The fraction of sp³-hybridized carbons (Fsp3) is 0.828. The van der Waals surface area contributed by atoms with E-state index in [0.29, 0.717) is 26.1 Å². The maximum atomic E-state index is 13.7. The van der Waals surface area contributed by atoms with E-state index < -0.39 is 18.2 Å². The van der Waals surface area contributed by atoms with Crippen molar-refractivity contribution in [1.82, 2.24) is 20.6 Å². The van der Waals surface area contributed by atoms with Gasteiger partial charge in [0.15, 0.2) is 6.29 Å². The first-order chi connectivity index (χ1) is 18.9. The Bertz CT molecular complexity index is 780. The Morgan fingerprint density at radius 1 is 1.03 bits per heavy atom. The number of carbonyl (C=O) groups excluding carboxylic acids is 3. The van der Waals surface area contributed by atoms with Gasteiger partial charge in [0.05, 0.1) is 13.2 Å². The summed E-state index contributed by atoms with van der Waals surface area (Å²) in [4.78, 5) is 49.6. The molecular formula is C29H50N4O6. The van der Waals surface area contributed by atoms with Crippen LogP contribution in [-0.4, -0.2) is 92.4 Å². The van der Waals surface area contributed by atoms with Crippen molar-refractivity contribution in [2.24, 2.45) is 11.8 Å². The van der Waals surface area contributed by atoms with E-state index in [4.69, 9.17) is 14.3 Å². The molecule has 0 bridgehead atoms. The quantitative estimate of drug-likeness (QED) is 0.336. The van der Waals surface area contributed by atoms with Crippen molar-refractivity contribution < 1.29 is 28.7 Å². The number of morpholine rings is 1. The summed E-state index contributed by atoms with van der Waals surface area (Å²) in [6, 6.07) is -0.628. The standard InChI is InChI=1S/C29H50N4O6/c1-23(2)27-29(36)33(16-11-14-32-17-20-37-21-18-32)15-9-6-4-3-5-7-12-24(28(35)30-27)22-25(34)31-39-26-13-8-10-19-38-26/h3-4,23-24,26-27H,5-22H2,1-2H3,(H,30,35)(H,31,34)/t24?,26-,27?/m0/s1. The number of nitrogens with zero attached hydrogens (tertiary/aromatic N) is 2. The molecule has 2 saturated heterocycles. The Labute approximate surface area is 234 Å². The van der Waals surface area contributed by atoms with E-state index in [1.54, 1.807) is 0 Å². The highest BCUT2D eigenvalue weighted by Crippen LogP contribution is 2.18. The summed E-state index contributed by atoms with van der Waals surface area (Å²) in [7, 11) is 0. The van der Waals surface area contributed by atoms with E-state index in [0.717, 1.165) is 84.2 Å². The lowest BCUT2D eigenvalue weighted by Gasteiger charge is -2.32. The summed E-state index contributed by atoms with van der Waals surface area (Å²) < 4.78 is 10.9. The molecule has 2 unspecified atom stereocenters. The van der Waals surface area contributed by atoms with Gasteiger partial charge < -0.3 is 19.7 Å². The number of rotatable bonds is 9. The van der Waals surface area contributed by atoms with Crippen LogP contribution < -0.4 is 10.8 Å². The fourth-order valence-corrected chi connectivity index (χ4v) is 5.27. The molecule has 0 saturated carbocycles. The van der Waals surface area contributed by atoms with Gasteiger partial charge >= 0.3 is 0 Å². The predicted molar refractivity (Wildman–Crippen MR) is 148 cm³/mol. The van der Waals surface area contributed by atoms with Crippen molar-refractivity contribution in [3.8, 4) is 0 Å². The van der Waals surface area contributed by atoms with Crippen molar-refractivity contribution in [2.45, 2.75) is 90.4 Å². The van der Waals surface area contributed by atoms with Crippen LogP contribution in [0, 0.1) is 11.8 Å². The lowest BCUT2D eigenvalue weighted by Crippen LogP contribution is -2.53. The van der Waals surface area contributed by atoms with Crippen LogP contribution in [0.1, 0.15) is 78.1 Å². The van der Waals surface area contributed by atoms with Crippen LogP contribution in [0.4, 0.5) is 0 Å². The molecule has 0 radical (unpaired) electrons. The predicted octanol–water partition coefficient (Wildman–Crippen LogP) is 2.78. The topological polar surface area (TPSA) is 109 Å². The first-order valence-corrected chi connectivity index (χ1v) is 15.0. The monoisotopic (exact) mass is 550 g/mol. The summed E-state index contributed by atoms with van der Waals surface area (Å²) in [5.41, 5.74) is 2.48. The number of nitrogens with one attached hydrogen (secondary N) is 2. The highest BCUT2D eigenvalue weighted by atomic mass is 16.8. The summed E-state index contributed by atoms with van der Waals surface area (Å²) >= 11 is 0. The average molecular weight is 551 g/mol. The van der Waals surface area contributed by atoms with Gasteiger partial charge in [-0.15, -0.1) is 0 Å². The number of hydroxylamine groups is 1. The summed E-state index contributed by atoms with van der Waals surface area (Å²) in [5.74, 6) is -1.25. The molecule has 222 valence electrons. The molecule has 10 nitrogen and oxygen atoms in total. The van der Waals surface area contributed by atoms with Gasteiger partial charge in [0, 0.05) is 58.1 Å². The minimum Gasteiger partial charge on any atom is -0.379 e. The zero-order valence-corrected chi connectivity index (χ0v) is 24.0. The van der Waals surface area contributed by atoms with Crippen molar-refractivity contribution in [1.29, 1.82) is 0 Å². The molecule has 3 aliphatic heterocycles. The van der Waals surface area contributed by atoms with Gasteiger partial charge in [-0.3, -0.25) is 19.3 Å². The molecule has 3 rings (SSSR count). The molecule has 0 spiro atoms. The zero-order valence-electron chi connectivity index (χ0n) is 24.0. The summed E-state index contributed by atoms with van der Waals surface area (Å²) in [6.45, 7) is 10.2. The third kappa shape index (κ3) is 11.6. The molecule has 0 aromatic heterocycles. The molecule has 3 heterocycles. The van der Waals surface area contributed by atoms with Crippen LogP contribution >= 0.6 is 0 Å². The molecule has 0 aromatic rings. The first kappa shape index (κ1) is 31.5. The van der Waals surface area contributed by atoms with E-state index in [-0.39, 0.29) is 30.1 Å². The van der Waals surface area contributed by atoms with E-state index >= 15 is 0 Å². The molecule has 0 aliphatic carbocycles. The number of hydrogen-bond donors (Lipinski definition) is 2. The summed E-state index contributed by atoms with van der Waals surface area (Å²) in [6.07, 6.45) is 11.5. The molecule has 3 amide bonds. The van der Waals surface area contributed by atoms with E-state index in [1.165, 1.54) is 0 Å². The Kier molecular flexibility index (Phi) is 14.2. The third-order valence-corrected chi connectivity index (χ3v) is 7.68. The van der Waals surface area contributed by atoms with Crippen molar-refractivity contribution in [2.75, 3.05) is 52.5 Å². The van der Waals surface area contributed by atoms with Crippen LogP contribution in [0.5, 0.6) is 0 Å². The highest BCUT2D eigenvalue weighted by Gasteiger charge is 2.32. The Morgan fingerprint density at radius 3 is 2.51 bits per heavy atom. The van der Waals surface area contributed by atoms with Crippen LogP contribution in [0.25, 0.3) is 0 Å². The van der Waals surface area contributed by atoms with Crippen LogP contribution in [0.2, 0.25) is 0 Å². The number of allylic oxidation sites excluding steroid dienone is 2. The van der Waals surface area contributed by atoms with Crippen molar-refractivity contribution in [3.63, 3.8) is 0 Å². The minimum atomic E-state index is -0.628. The molecule has 0 aromatic carbocycles. The number of amides is 3.